The Kier molecular flexibility index (Phi) is 4.05. The molecule has 0 amide bonds. The number of rotatable bonds is 5. The molecule has 1 heterocycles. The van der Waals surface area contributed by atoms with Crippen molar-refractivity contribution in [1.82, 2.24) is 4.57 Å². The fourth-order valence-corrected chi connectivity index (χ4v) is 2.96. The summed E-state index contributed by atoms with van der Waals surface area (Å²) in [6.45, 7) is 1.84. The Hall–Kier alpha value is -2.76. The van der Waals surface area contributed by atoms with Crippen LogP contribution in [-0.4, -0.2) is 29.9 Å². The van der Waals surface area contributed by atoms with Gasteiger partial charge in [0.2, 0.25) is 0 Å². The first kappa shape index (κ1) is 16.1. The van der Waals surface area contributed by atoms with Crippen LogP contribution >= 0.6 is 0 Å². The second-order valence-electron chi connectivity index (χ2n) is 5.86. The summed E-state index contributed by atoms with van der Waals surface area (Å²) in [6, 6.07) is 6.62. The molecule has 0 radical (unpaired) electrons. The number of carboxylic acids is 1. The van der Waals surface area contributed by atoms with E-state index in [0.717, 1.165) is 24.1 Å². The molecule has 0 saturated heterocycles. The van der Waals surface area contributed by atoms with E-state index in [0.29, 0.717) is 23.1 Å². The summed E-state index contributed by atoms with van der Waals surface area (Å²) in [5.74, 6) is 0.143. The number of ether oxygens (including phenoxy) is 2. The molecule has 0 atom stereocenters. The smallest absolute Gasteiger partial charge is 0.341 e. The number of aromatic nitrogens is 1. The second kappa shape index (κ2) is 6.03. The van der Waals surface area contributed by atoms with E-state index in [4.69, 9.17) is 9.47 Å². The third kappa shape index (κ3) is 2.64. The van der Waals surface area contributed by atoms with E-state index in [9.17, 15) is 14.7 Å². The van der Waals surface area contributed by atoms with Gasteiger partial charge in [-0.1, -0.05) is 0 Å². The zero-order valence-electron chi connectivity index (χ0n) is 13.8. The minimum absolute atomic E-state index is 0.211. The maximum Gasteiger partial charge on any atom is 0.341 e. The van der Waals surface area contributed by atoms with Gasteiger partial charge in [-0.2, -0.15) is 0 Å². The molecule has 3 rings (SSSR count). The average Bonchev–Trinajstić information content (AvgIpc) is 3.39. The van der Waals surface area contributed by atoms with Crippen molar-refractivity contribution in [1.29, 1.82) is 0 Å². The van der Waals surface area contributed by atoms with E-state index in [1.807, 2.05) is 6.92 Å². The topological polar surface area (TPSA) is 77.8 Å². The SMILES string of the molecule is COc1ccc(-n2c(C)c(C3CC3)cc(C(=O)O)c2=O)cc1OC. The summed E-state index contributed by atoms with van der Waals surface area (Å²) in [4.78, 5) is 24.2. The normalized spacial score (nSPS) is 13.6. The lowest BCUT2D eigenvalue weighted by molar-refractivity contribution is 0.0694. The predicted octanol–water partition coefficient (Wildman–Crippen LogP) is 2.74. The Balaban J connectivity index is 2.27. The van der Waals surface area contributed by atoms with Gasteiger partial charge in [0.1, 0.15) is 5.56 Å². The van der Waals surface area contributed by atoms with Crippen LogP contribution in [0.1, 0.15) is 40.4 Å². The minimum atomic E-state index is -1.21. The first-order valence-corrected chi connectivity index (χ1v) is 7.70. The third-order valence-electron chi connectivity index (χ3n) is 4.36. The molecular formula is C18H19NO5. The van der Waals surface area contributed by atoms with E-state index in [2.05, 4.69) is 0 Å². The van der Waals surface area contributed by atoms with Crippen LogP contribution in [0.15, 0.2) is 29.1 Å². The number of carbonyl (C=O) groups is 1. The number of hydrogen-bond acceptors (Lipinski definition) is 4. The highest BCUT2D eigenvalue weighted by atomic mass is 16.5. The molecule has 126 valence electrons. The summed E-state index contributed by atoms with van der Waals surface area (Å²) in [5.41, 5.74) is 1.48. The summed E-state index contributed by atoms with van der Waals surface area (Å²) < 4.78 is 11.9. The van der Waals surface area contributed by atoms with Crippen molar-refractivity contribution in [2.75, 3.05) is 14.2 Å². The van der Waals surface area contributed by atoms with Crippen LogP contribution in [-0.2, 0) is 0 Å². The number of aromatic carboxylic acids is 1. The lowest BCUT2D eigenvalue weighted by Crippen LogP contribution is -2.28. The standard InChI is InChI=1S/C18H19NO5/c1-10-13(11-4-5-11)9-14(18(21)22)17(20)19(10)12-6-7-15(23-2)16(8-12)24-3/h6-9,11H,4-5H2,1-3H3,(H,21,22). The summed E-state index contributed by atoms with van der Waals surface area (Å²) in [7, 11) is 3.05. The maximum absolute atomic E-state index is 12.7. The van der Waals surface area contributed by atoms with Crippen molar-refractivity contribution in [2.24, 2.45) is 0 Å². The summed E-state index contributed by atoms with van der Waals surface area (Å²) in [5, 5.41) is 9.38. The van der Waals surface area contributed by atoms with Crippen molar-refractivity contribution in [3.63, 3.8) is 0 Å². The van der Waals surface area contributed by atoms with Gasteiger partial charge in [0.05, 0.1) is 19.9 Å². The van der Waals surface area contributed by atoms with Crippen LogP contribution in [0, 0.1) is 6.92 Å². The van der Waals surface area contributed by atoms with E-state index in [-0.39, 0.29) is 5.56 Å². The van der Waals surface area contributed by atoms with Crippen molar-refractivity contribution in [2.45, 2.75) is 25.7 Å². The fraction of sp³-hybridized carbons (Fsp3) is 0.333. The first-order chi connectivity index (χ1) is 11.5. The highest BCUT2D eigenvalue weighted by Crippen LogP contribution is 2.42. The highest BCUT2D eigenvalue weighted by Gasteiger charge is 2.29. The molecular weight excluding hydrogens is 310 g/mol. The molecule has 24 heavy (non-hydrogen) atoms. The van der Waals surface area contributed by atoms with Crippen LogP contribution in [0.2, 0.25) is 0 Å². The highest BCUT2D eigenvalue weighted by molar-refractivity contribution is 5.87. The average molecular weight is 329 g/mol. The van der Waals surface area contributed by atoms with Crippen molar-refractivity contribution >= 4 is 5.97 Å². The number of pyridine rings is 1. The zero-order chi connectivity index (χ0) is 17.4. The van der Waals surface area contributed by atoms with Gasteiger partial charge in [0.15, 0.2) is 11.5 Å². The van der Waals surface area contributed by atoms with Gasteiger partial charge in [-0.05, 0) is 49.4 Å². The molecule has 1 fully saturated rings. The molecule has 6 nitrogen and oxygen atoms in total. The molecule has 6 heteroatoms. The number of benzene rings is 1. The van der Waals surface area contributed by atoms with Gasteiger partial charge in [-0.15, -0.1) is 0 Å². The van der Waals surface area contributed by atoms with Crippen molar-refractivity contribution in [3.05, 3.63) is 51.4 Å². The monoisotopic (exact) mass is 329 g/mol. The maximum atomic E-state index is 12.7. The van der Waals surface area contributed by atoms with Crippen LogP contribution in [0.4, 0.5) is 0 Å². The third-order valence-corrected chi connectivity index (χ3v) is 4.36. The Bertz CT molecular complexity index is 864. The molecule has 1 aromatic heterocycles. The summed E-state index contributed by atoms with van der Waals surface area (Å²) >= 11 is 0. The van der Waals surface area contributed by atoms with Crippen LogP contribution < -0.4 is 15.0 Å². The lowest BCUT2D eigenvalue weighted by Gasteiger charge is -2.17. The van der Waals surface area contributed by atoms with Crippen LogP contribution in [0.3, 0.4) is 0 Å². The van der Waals surface area contributed by atoms with Gasteiger partial charge in [0.25, 0.3) is 5.56 Å². The van der Waals surface area contributed by atoms with Gasteiger partial charge in [0, 0.05) is 11.8 Å². The fourth-order valence-electron chi connectivity index (χ4n) is 2.96. The molecule has 1 aliphatic rings. The van der Waals surface area contributed by atoms with E-state index in [1.165, 1.54) is 24.9 Å². The van der Waals surface area contributed by atoms with E-state index < -0.39 is 11.5 Å². The molecule has 1 N–H and O–H groups in total. The Morgan fingerprint density at radius 1 is 1.17 bits per heavy atom. The number of methoxy groups -OCH3 is 2. The Morgan fingerprint density at radius 3 is 2.38 bits per heavy atom. The second-order valence-corrected chi connectivity index (χ2v) is 5.86. The molecule has 1 aromatic carbocycles. The molecule has 1 aliphatic carbocycles. The Labute approximate surface area is 139 Å². The van der Waals surface area contributed by atoms with E-state index >= 15 is 0 Å². The van der Waals surface area contributed by atoms with Crippen LogP contribution in [0.5, 0.6) is 11.5 Å². The molecule has 2 aromatic rings. The summed E-state index contributed by atoms with van der Waals surface area (Å²) in [6.07, 6.45) is 2.04. The van der Waals surface area contributed by atoms with Gasteiger partial charge in [-0.3, -0.25) is 9.36 Å². The molecule has 0 aliphatic heterocycles. The largest absolute Gasteiger partial charge is 0.493 e. The molecule has 1 saturated carbocycles. The molecule has 0 bridgehead atoms. The van der Waals surface area contributed by atoms with Crippen molar-refractivity contribution in [3.8, 4) is 17.2 Å². The molecule has 0 spiro atoms. The van der Waals surface area contributed by atoms with Crippen LogP contribution in [0.25, 0.3) is 5.69 Å². The minimum Gasteiger partial charge on any atom is -0.493 e. The Morgan fingerprint density at radius 2 is 1.83 bits per heavy atom. The van der Waals surface area contributed by atoms with Gasteiger partial charge >= 0.3 is 5.97 Å². The quantitative estimate of drug-likeness (QED) is 0.912. The molecule has 0 unspecified atom stereocenters. The number of carboxylic acid groups (broad SMARTS) is 1. The predicted molar refractivity (Wildman–Crippen MR) is 88.8 cm³/mol. The zero-order valence-corrected chi connectivity index (χ0v) is 13.8. The van der Waals surface area contributed by atoms with Crippen molar-refractivity contribution < 1.29 is 19.4 Å². The lowest BCUT2D eigenvalue weighted by atomic mass is 10.1. The number of hydrogen-bond donors (Lipinski definition) is 1. The van der Waals surface area contributed by atoms with E-state index in [1.54, 1.807) is 18.2 Å². The van der Waals surface area contributed by atoms with Gasteiger partial charge in [-0.25, -0.2) is 4.79 Å². The first-order valence-electron chi connectivity index (χ1n) is 7.70. The van der Waals surface area contributed by atoms with Gasteiger partial charge < -0.3 is 14.6 Å². The number of nitrogens with zero attached hydrogens (tertiary/aromatic N) is 1.